The highest BCUT2D eigenvalue weighted by Gasteiger charge is 2.30. The van der Waals surface area contributed by atoms with E-state index in [1.807, 2.05) is 18.2 Å². The molecule has 0 aliphatic carbocycles. The van der Waals surface area contributed by atoms with Crippen molar-refractivity contribution < 1.29 is 19.0 Å². The number of aromatic carboxylic acids is 1. The molecule has 2 atom stereocenters. The topological polar surface area (TPSA) is 56.3 Å². The zero-order valence-corrected chi connectivity index (χ0v) is 23.4. The highest BCUT2D eigenvalue weighted by Crippen LogP contribution is 2.25. The fraction of sp³-hybridized carbons (Fsp3) is 0.581. The van der Waals surface area contributed by atoms with E-state index in [-0.39, 0.29) is 0 Å². The molecule has 0 spiro atoms. The van der Waals surface area contributed by atoms with Crippen LogP contribution in [0.3, 0.4) is 0 Å². The van der Waals surface area contributed by atoms with Gasteiger partial charge in [-0.1, -0.05) is 24.3 Å². The van der Waals surface area contributed by atoms with Crippen LogP contribution in [0.2, 0.25) is 0 Å². The average Bonchev–Trinajstić information content (AvgIpc) is 2.85. The number of carboxylic acid groups (broad SMARTS) is 1. The van der Waals surface area contributed by atoms with Crippen LogP contribution in [0.25, 0.3) is 0 Å². The number of piperazine rings is 1. The second-order valence-corrected chi connectivity index (χ2v) is 12.0. The summed E-state index contributed by atoms with van der Waals surface area (Å²) in [5.74, 6) is 0.561. The van der Waals surface area contributed by atoms with Crippen LogP contribution < -0.4 is 4.74 Å². The summed E-state index contributed by atoms with van der Waals surface area (Å²) in [5, 5.41) is 9.13. The van der Waals surface area contributed by atoms with Gasteiger partial charge in [-0.25, -0.2) is 9.18 Å². The number of hydrogen-bond donors (Lipinski definition) is 1. The number of hydrogen-bond acceptors (Lipinski definition) is 5. The SMILES string of the molecule is C[C@@H]1CN(Cc2ccc(C(=O)O)cc2)C[C@H](C)N1Cc1cccc(OCC2CCN(CC(C)(C)F)CC2)c1. The molecule has 1 N–H and O–H groups in total. The minimum atomic E-state index is -1.14. The van der Waals surface area contributed by atoms with Crippen LogP contribution in [0.1, 0.15) is 62.0 Å². The Morgan fingerprint density at radius 1 is 0.974 bits per heavy atom. The second kappa shape index (κ2) is 12.6. The molecule has 0 amide bonds. The normalized spacial score (nSPS) is 22.4. The van der Waals surface area contributed by atoms with Crippen LogP contribution in [-0.4, -0.2) is 82.9 Å². The molecule has 0 aromatic heterocycles. The molecule has 2 saturated heterocycles. The van der Waals surface area contributed by atoms with Crippen LogP contribution in [0.5, 0.6) is 5.75 Å². The van der Waals surface area contributed by atoms with Crippen LogP contribution in [0.4, 0.5) is 4.39 Å². The van der Waals surface area contributed by atoms with Crippen LogP contribution in [0.15, 0.2) is 48.5 Å². The Morgan fingerprint density at radius 2 is 1.63 bits per heavy atom. The van der Waals surface area contributed by atoms with Crippen molar-refractivity contribution in [3.63, 3.8) is 0 Å². The Kier molecular flexibility index (Phi) is 9.45. The molecule has 7 heteroatoms. The van der Waals surface area contributed by atoms with E-state index in [2.05, 4.69) is 46.7 Å². The van der Waals surface area contributed by atoms with Crippen molar-refractivity contribution in [3.8, 4) is 5.75 Å². The number of rotatable bonds is 10. The van der Waals surface area contributed by atoms with Crippen molar-refractivity contribution in [2.24, 2.45) is 5.92 Å². The van der Waals surface area contributed by atoms with Crippen LogP contribution >= 0.6 is 0 Å². The van der Waals surface area contributed by atoms with E-state index in [4.69, 9.17) is 9.84 Å². The molecule has 0 bridgehead atoms. The van der Waals surface area contributed by atoms with Gasteiger partial charge in [-0.2, -0.15) is 0 Å². The molecular formula is C31H44FN3O3. The lowest BCUT2D eigenvalue weighted by Gasteiger charge is -2.44. The minimum Gasteiger partial charge on any atom is -0.493 e. The second-order valence-electron chi connectivity index (χ2n) is 12.0. The fourth-order valence-electron chi connectivity index (χ4n) is 5.92. The number of carboxylic acids is 1. The molecule has 208 valence electrons. The fourth-order valence-corrected chi connectivity index (χ4v) is 5.92. The van der Waals surface area contributed by atoms with Gasteiger partial charge in [0.15, 0.2) is 0 Å². The minimum absolute atomic E-state index is 0.328. The van der Waals surface area contributed by atoms with E-state index >= 15 is 0 Å². The van der Waals surface area contributed by atoms with E-state index in [9.17, 15) is 9.18 Å². The molecule has 2 fully saturated rings. The van der Waals surface area contributed by atoms with E-state index < -0.39 is 11.6 Å². The van der Waals surface area contributed by atoms with E-state index in [0.29, 0.717) is 30.1 Å². The highest BCUT2D eigenvalue weighted by molar-refractivity contribution is 5.87. The monoisotopic (exact) mass is 525 g/mol. The van der Waals surface area contributed by atoms with Gasteiger partial charge in [0.25, 0.3) is 0 Å². The summed E-state index contributed by atoms with van der Waals surface area (Å²) in [6.07, 6.45) is 2.11. The molecule has 2 aliphatic heterocycles. The molecule has 0 saturated carbocycles. The van der Waals surface area contributed by atoms with Crippen molar-refractivity contribution in [2.45, 2.75) is 71.4 Å². The maximum absolute atomic E-state index is 13.9. The first kappa shape index (κ1) is 28.5. The molecule has 2 aromatic rings. The number of nitrogens with zero attached hydrogens (tertiary/aromatic N) is 3. The molecule has 4 rings (SSSR count). The highest BCUT2D eigenvalue weighted by atomic mass is 19.1. The molecule has 2 heterocycles. The predicted octanol–water partition coefficient (Wildman–Crippen LogP) is 5.32. The Labute approximate surface area is 227 Å². The van der Waals surface area contributed by atoms with Crippen molar-refractivity contribution in [1.29, 1.82) is 0 Å². The van der Waals surface area contributed by atoms with Gasteiger partial charge in [0.1, 0.15) is 11.4 Å². The molecule has 38 heavy (non-hydrogen) atoms. The number of ether oxygens (including phenoxy) is 1. The lowest BCUT2D eigenvalue weighted by molar-refractivity contribution is 0.0289. The lowest BCUT2D eigenvalue weighted by atomic mass is 9.97. The Hall–Kier alpha value is -2.48. The van der Waals surface area contributed by atoms with Gasteiger partial charge in [0, 0.05) is 44.8 Å². The molecular weight excluding hydrogens is 481 g/mol. The smallest absolute Gasteiger partial charge is 0.335 e. The van der Waals surface area contributed by atoms with Gasteiger partial charge in [0.05, 0.1) is 12.2 Å². The van der Waals surface area contributed by atoms with E-state index in [1.54, 1.807) is 26.0 Å². The maximum atomic E-state index is 13.9. The maximum Gasteiger partial charge on any atom is 0.335 e. The van der Waals surface area contributed by atoms with Crippen molar-refractivity contribution in [1.82, 2.24) is 14.7 Å². The number of halogens is 1. The van der Waals surface area contributed by atoms with E-state index in [0.717, 1.165) is 70.0 Å². The van der Waals surface area contributed by atoms with Gasteiger partial charge >= 0.3 is 5.97 Å². The summed E-state index contributed by atoms with van der Waals surface area (Å²) >= 11 is 0. The van der Waals surface area contributed by atoms with Gasteiger partial charge in [-0.05, 0) is 94.9 Å². The number of piperidine rings is 1. The average molecular weight is 526 g/mol. The van der Waals surface area contributed by atoms with Crippen molar-refractivity contribution >= 4 is 5.97 Å². The van der Waals surface area contributed by atoms with E-state index in [1.165, 1.54) is 5.56 Å². The lowest BCUT2D eigenvalue weighted by Crippen LogP contribution is -2.55. The van der Waals surface area contributed by atoms with Crippen LogP contribution in [0, 0.1) is 5.92 Å². The number of alkyl halides is 1. The summed E-state index contributed by atoms with van der Waals surface area (Å²) in [6.45, 7) is 14.6. The summed E-state index contributed by atoms with van der Waals surface area (Å²) in [6, 6.07) is 16.5. The van der Waals surface area contributed by atoms with Gasteiger partial charge in [-0.3, -0.25) is 9.80 Å². The van der Waals surface area contributed by atoms with Gasteiger partial charge in [-0.15, -0.1) is 0 Å². The standard InChI is InChI=1S/C31H44FN3O3/c1-23-17-34(19-25-8-10-28(11-9-25)30(36)37)18-24(2)35(23)20-27-6-5-7-29(16-27)38-21-26-12-14-33(15-13-26)22-31(3,4)32/h5-11,16,23-24,26H,12-15,17-22H2,1-4H3,(H,36,37)/t23-,24+. The zero-order valence-electron chi connectivity index (χ0n) is 23.4. The van der Waals surface area contributed by atoms with Crippen molar-refractivity contribution in [2.75, 3.05) is 39.3 Å². The molecule has 2 aromatic carbocycles. The number of carbonyl (C=O) groups is 1. The Morgan fingerprint density at radius 3 is 2.24 bits per heavy atom. The van der Waals surface area contributed by atoms with Gasteiger partial charge in [0.2, 0.25) is 0 Å². The first-order valence-corrected chi connectivity index (χ1v) is 14.0. The molecule has 6 nitrogen and oxygen atoms in total. The predicted molar refractivity (Wildman–Crippen MR) is 149 cm³/mol. The Bertz CT molecular complexity index is 1040. The summed E-state index contributed by atoms with van der Waals surface area (Å²) in [4.78, 5) is 18.4. The van der Waals surface area contributed by atoms with Crippen molar-refractivity contribution in [3.05, 3.63) is 65.2 Å². The van der Waals surface area contributed by atoms with Crippen LogP contribution in [-0.2, 0) is 13.1 Å². The largest absolute Gasteiger partial charge is 0.493 e. The summed E-state index contributed by atoms with van der Waals surface area (Å²) in [7, 11) is 0. The summed E-state index contributed by atoms with van der Waals surface area (Å²) in [5.41, 5.74) is 1.60. The third kappa shape index (κ3) is 8.26. The molecule has 0 unspecified atom stereocenters. The first-order chi connectivity index (χ1) is 18.1. The third-order valence-electron chi connectivity index (χ3n) is 7.84. The Balaban J connectivity index is 1.25. The third-order valence-corrected chi connectivity index (χ3v) is 7.84. The number of benzene rings is 2. The zero-order chi connectivity index (χ0) is 27.3. The molecule has 2 aliphatic rings. The molecule has 0 radical (unpaired) electrons. The summed E-state index contributed by atoms with van der Waals surface area (Å²) < 4.78 is 20.2. The quantitative estimate of drug-likeness (QED) is 0.453. The van der Waals surface area contributed by atoms with Gasteiger partial charge < -0.3 is 14.7 Å². The number of likely N-dealkylation sites (tertiary alicyclic amines) is 1. The first-order valence-electron chi connectivity index (χ1n) is 14.0.